The van der Waals surface area contributed by atoms with E-state index < -0.39 is 0 Å². The third kappa shape index (κ3) is 2.41. The maximum absolute atomic E-state index is 4.72. The Hall–Kier alpha value is -2.61. The smallest absolute Gasteiger partial charge is 0.111 e. The lowest BCUT2D eigenvalue weighted by atomic mass is 10.1. The third-order valence-electron chi connectivity index (χ3n) is 3.20. The molecule has 0 atom stereocenters. The fourth-order valence-corrected chi connectivity index (χ4v) is 2.27. The van der Waals surface area contributed by atoms with Gasteiger partial charge in [0.05, 0.1) is 11.4 Å². The molecule has 1 heterocycles. The molecule has 0 amide bonds. The Kier molecular flexibility index (Phi) is 3.46. The predicted octanol–water partition coefficient (Wildman–Crippen LogP) is 4.47. The molecule has 0 aliphatic carbocycles. The van der Waals surface area contributed by atoms with Crippen LogP contribution in [0.3, 0.4) is 0 Å². The molecule has 2 heteroatoms. The normalized spacial score (nSPS) is 10.4. The zero-order chi connectivity index (χ0) is 13.8. The van der Waals surface area contributed by atoms with Crippen molar-refractivity contribution in [1.82, 2.24) is 9.97 Å². The number of rotatable bonds is 4. The van der Waals surface area contributed by atoms with Gasteiger partial charge in [-0.2, -0.15) is 0 Å². The summed E-state index contributed by atoms with van der Waals surface area (Å²) < 4.78 is 0. The van der Waals surface area contributed by atoms with Crippen LogP contribution in [0.15, 0.2) is 73.3 Å². The number of hydrogen-bond donors (Lipinski definition) is 1. The van der Waals surface area contributed by atoms with Gasteiger partial charge in [-0.3, -0.25) is 0 Å². The minimum absolute atomic E-state index is 0.743. The van der Waals surface area contributed by atoms with E-state index in [2.05, 4.69) is 35.8 Å². The van der Waals surface area contributed by atoms with Crippen molar-refractivity contribution in [3.63, 3.8) is 0 Å². The highest BCUT2D eigenvalue weighted by molar-refractivity contribution is 5.78. The molecule has 0 aliphatic heterocycles. The molecule has 2 nitrogen and oxygen atoms in total. The number of nitrogens with one attached hydrogen (secondary N) is 1. The van der Waals surface area contributed by atoms with Gasteiger partial charge in [-0.05, 0) is 0 Å². The second-order valence-corrected chi connectivity index (χ2v) is 4.63. The molecule has 3 aromatic rings. The summed E-state index contributed by atoms with van der Waals surface area (Å²) in [6, 6.07) is 20.5. The van der Waals surface area contributed by atoms with Crippen molar-refractivity contribution >= 4 is 0 Å². The topological polar surface area (TPSA) is 28.7 Å². The van der Waals surface area contributed by atoms with Crippen LogP contribution >= 0.6 is 0 Å². The molecule has 1 N–H and O–H groups in total. The molecule has 0 unspecified atom stereocenters. The molecular formula is C18H16N2. The van der Waals surface area contributed by atoms with E-state index in [1.54, 1.807) is 0 Å². The van der Waals surface area contributed by atoms with Gasteiger partial charge in [0, 0.05) is 17.5 Å². The monoisotopic (exact) mass is 260 g/mol. The van der Waals surface area contributed by atoms with Crippen molar-refractivity contribution in [1.29, 1.82) is 0 Å². The van der Waals surface area contributed by atoms with Crippen LogP contribution in [0.4, 0.5) is 0 Å². The van der Waals surface area contributed by atoms with Crippen molar-refractivity contribution in [2.24, 2.45) is 0 Å². The molecule has 0 bridgehead atoms. The lowest BCUT2D eigenvalue weighted by molar-refractivity contribution is 1.06. The molecule has 0 saturated carbocycles. The molecule has 0 fully saturated rings. The summed E-state index contributed by atoms with van der Waals surface area (Å²) >= 11 is 0. The average Bonchev–Trinajstić information content (AvgIpc) is 2.93. The zero-order valence-electron chi connectivity index (χ0n) is 11.2. The first-order chi connectivity index (χ1) is 9.88. The Bertz CT molecular complexity index is 640. The summed E-state index contributed by atoms with van der Waals surface area (Å²) in [5.74, 6) is 0.942. The minimum Gasteiger partial charge on any atom is -0.341 e. The molecule has 0 radical (unpaired) electrons. The van der Waals surface area contributed by atoms with Crippen LogP contribution < -0.4 is 0 Å². The van der Waals surface area contributed by atoms with Crippen LogP contribution in [0.25, 0.3) is 22.5 Å². The standard InChI is InChI=1S/C18H16N2/c1-2-9-16-19-17(14-10-5-3-6-11-14)18(20-16)15-12-7-4-8-13-15/h2-8,10-13H,1,9H2,(H,19,20). The van der Waals surface area contributed by atoms with E-state index in [1.807, 2.05) is 42.5 Å². The summed E-state index contributed by atoms with van der Waals surface area (Å²) in [7, 11) is 0. The Morgan fingerprint density at radius 2 is 1.50 bits per heavy atom. The van der Waals surface area contributed by atoms with Gasteiger partial charge in [0.25, 0.3) is 0 Å². The fraction of sp³-hybridized carbons (Fsp3) is 0.0556. The highest BCUT2D eigenvalue weighted by Crippen LogP contribution is 2.29. The lowest BCUT2D eigenvalue weighted by Gasteiger charge is -2.02. The number of hydrogen-bond acceptors (Lipinski definition) is 1. The van der Waals surface area contributed by atoms with E-state index in [0.29, 0.717) is 0 Å². The second-order valence-electron chi connectivity index (χ2n) is 4.63. The first-order valence-electron chi connectivity index (χ1n) is 6.69. The van der Waals surface area contributed by atoms with E-state index in [0.717, 1.165) is 34.8 Å². The van der Waals surface area contributed by atoms with Crippen LogP contribution in [-0.4, -0.2) is 9.97 Å². The number of allylic oxidation sites excluding steroid dienone is 1. The van der Waals surface area contributed by atoms with Crippen LogP contribution in [0.1, 0.15) is 5.82 Å². The number of aromatic nitrogens is 2. The summed E-state index contributed by atoms with van der Waals surface area (Å²) in [5, 5.41) is 0. The molecule has 2 aromatic carbocycles. The second kappa shape index (κ2) is 5.57. The number of imidazole rings is 1. The Morgan fingerprint density at radius 1 is 0.900 bits per heavy atom. The van der Waals surface area contributed by atoms with Gasteiger partial charge in [-0.1, -0.05) is 66.7 Å². The quantitative estimate of drug-likeness (QED) is 0.689. The number of H-pyrrole nitrogens is 1. The van der Waals surface area contributed by atoms with Gasteiger partial charge in [0.15, 0.2) is 0 Å². The van der Waals surface area contributed by atoms with Crippen molar-refractivity contribution in [3.8, 4) is 22.5 Å². The van der Waals surface area contributed by atoms with Crippen molar-refractivity contribution in [2.45, 2.75) is 6.42 Å². The average molecular weight is 260 g/mol. The van der Waals surface area contributed by atoms with Gasteiger partial charge in [0.1, 0.15) is 5.82 Å². The number of aromatic amines is 1. The minimum atomic E-state index is 0.743. The number of nitrogens with zero attached hydrogens (tertiary/aromatic N) is 1. The highest BCUT2D eigenvalue weighted by Gasteiger charge is 2.12. The fourth-order valence-electron chi connectivity index (χ4n) is 2.27. The van der Waals surface area contributed by atoms with E-state index in [-0.39, 0.29) is 0 Å². The van der Waals surface area contributed by atoms with E-state index in [4.69, 9.17) is 4.98 Å². The molecule has 20 heavy (non-hydrogen) atoms. The molecule has 3 rings (SSSR count). The van der Waals surface area contributed by atoms with Crippen LogP contribution in [-0.2, 0) is 6.42 Å². The first kappa shape index (κ1) is 12.4. The van der Waals surface area contributed by atoms with Gasteiger partial charge >= 0.3 is 0 Å². The first-order valence-corrected chi connectivity index (χ1v) is 6.69. The Morgan fingerprint density at radius 3 is 2.10 bits per heavy atom. The molecule has 0 spiro atoms. The largest absolute Gasteiger partial charge is 0.341 e. The lowest BCUT2D eigenvalue weighted by Crippen LogP contribution is -1.83. The van der Waals surface area contributed by atoms with Gasteiger partial charge in [-0.15, -0.1) is 6.58 Å². The zero-order valence-corrected chi connectivity index (χ0v) is 11.2. The van der Waals surface area contributed by atoms with E-state index in [9.17, 15) is 0 Å². The van der Waals surface area contributed by atoms with Crippen molar-refractivity contribution in [2.75, 3.05) is 0 Å². The van der Waals surface area contributed by atoms with Gasteiger partial charge in [-0.25, -0.2) is 4.98 Å². The Balaban J connectivity index is 2.15. The summed E-state index contributed by atoms with van der Waals surface area (Å²) in [5.41, 5.74) is 4.33. The predicted molar refractivity (Wildman–Crippen MR) is 83.4 cm³/mol. The van der Waals surface area contributed by atoms with Crippen molar-refractivity contribution in [3.05, 3.63) is 79.1 Å². The third-order valence-corrected chi connectivity index (χ3v) is 3.20. The molecule has 0 aliphatic rings. The van der Waals surface area contributed by atoms with Gasteiger partial charge in [0.2, 0.25) is 0 Å². The molecule has 0 saturated heterocycles. The summed E-state index contributed by atoms with van der Waals surface area (Å²) in [6.07, 6.45) is 2.61. The SMILES string of the molecule is C=CCc1nc(-c2ccccc2)c(-c2ccccc2)[nH]1. The Labute approximate surface area is 118 Å². The molecular weight excluding hydrogens is 244 g/mol. The molecule has 1 aromatic heterocycles. The van der Waals surface area contributed by atoms with E-state index in [1.165, 1.54) is 0 Å². The maximum Gasteiger partial charge on any atom is 0.111 e. The van der Waals surface area contributed by atoms with Gasteiger partial charge < -0.3 is 4.98 Å². The van der Waals surface area contributed by atoms with Crippen molar-refractivity contribution < 1.29 is 0 Å². The van der Waals surface area contributed by atoms with Crippen LogP contribution in [0, 0.1) is 0 Å². The van der Waals surface area contributed by atoms with E-state index >= 15 is 0 Å². The summed E-state index contributed by atoms with van der Waals surface area (Å²) in [6.45, 7) is 3.78. The highest BCUT2D eigenvalue weighted by atomic mass is 14.9. The molecule has 98 valence electrons. The number of benzene rings is 2. The van der Waals surface area contributed by atoms with Crippen LogP contribution in [0.5, 0.6) is 0 Å². The summed E-state index contributed by atoms with van der Waals surface area (Å²) in [4.78, 5) is 8.13. The maximum atomic E-state index is 4.72. The van der Waals surface area contributed by atoms with Crippen LogP contribution in [0.2, 0.25) is 0 Å².